The molecule has 4 nitrogen and oxygen atoms in total. The maximum Gasteiger partial charge on any atom is 0.273 e. The average Bonchev–Trinajstić information content (AvgIpc) is 2.49. The van der Waals surface area contributed by atoms with Crippen molar-refractivity contribution in [3.05, 3.63) is 33.9 Å². The van der Waals surface area contributed by atoms with Gasteiger partial charge in [-0.2, -0.15) is 0 Å². The molecule has 0 aliphatic heterocycles. The molecule has 0 saturated heterocycles. The van der Waals surface area contributed by atoms with Crippen LogP contribution in [0.2, 0.25) is 0 Å². The molecule has 0 heterocycles. The molecule has 116 valence electrons. The molecule has 0 spiro atoms. The summed E-state index contributed by atoms with van der Waals surface area (Å²) in [6.07, 6.45) is 5.74. The Morgan fingerprint density at radius 1 is 1.38 bits per heavy atom. The molecule has 0 radical (unpaired) electrons. The summed E-state index contributed by atoms with van der Waals surface area (Å²) in [4.78, 5) is 11.2. The van der Waals surface area contributed by atoms with E-state index >= 15 is 0 Å². The average molecular weight is 356 g/mol. The van der Waals surface area contributed by atoms with Crippen molar-refractivity contribution in [1.29, 1.82) is 0 Å². The van der Waals surface area contributed by atoms with E-state index in [0.717, 1.165) is 17.9 Å². The minimum absolute atomic E-state index is 0.110. The molecule has 3 atom stereocenters. The number of hydrogen-bond donors (Lipinski definition) is 0. The monoisotopic (exact) mass is 355 g/mol. The topological polar surface area (TPSA) is 52.4 Å². The Kier molecular flexibility index (Phi) is 5.62. The highest BCUT2D eigenvalue weighted by atomic mass is 79.9. The highest BCUT2D eigenvalue weighted by molar-refractivity contribution is 9.09. The van der Waals surface area contributed by atoms with Crippen LogP contribution in [0.15, 0.2) is 18.2 Å². The predicted molar refractivity (Wildman–Crippen MR) is 87.2 cm³/mol. The lowest BCUT2D eigenvalue weighted by Crippen LogP contribution is -2.26. The van der Waals surface area contributed by atoms with E-state index in [-0.39, 0.29) is 10.6 Å². The zero-order valence-electron chi connectivity index (χ0n) is 12.5. The number of nitrogens with zero attached hydrogens (tertiary/aromatic N) is 1. The van der Waals surface area contributed by atoms with Crippen molar-refractivity contribution in [2.45, 2.75) is 43.9 Å². The van der Waals surface area contributed by atoms with Gasteiger partial charge in [0.1, 0.15) is 5.75 Å². The van der Waals surface area contributed by atoms with Crippen LogP contribution in [0.5, 0.6) is 5.75 Å². The lowest BCUT2D eigenvalue weighted by atomic mass is 9.77. The fourth-order valence-corrected chi connectivity index (χ4v) is 3.86. The summed E-state index contributed by atoms with van der Waals surface area (Å²) >= 11 is 3.79. The number of alkyl halides is 1. The molecule has 0 aromatic heterocycles. The van der Waals surface area contributed by atoms with Crippen LogP contribution in [-0.2, 0) is 6.42 Å². The summed E-state index contributed by atoms with van der Waals surface area (Å²) in [5, 5.41) is 11.0. The van der Waals surface area contributed by atoms with Crippen LogP contribution in [0, 0.1) is 22.0 Å². The van der Waals surface area contributed by atoms with Crippen molar-refractivity contribution < 1.29 is 9.66 Å². The van der Waals surface area contributed by atoms with Gasteiger partial charge in [0, 0.05) is 10.9 Å². The SMILES string of the molecule is CCC1CCC(Br)C(Cc2cc(OC)cc([N+](=O)[O-])c2)C1. The van der Waals surface area contributed by atoms with Gasteiger partial charge in [0.25, 0.3) is 5.69 Å². The number of ether oxygens (including phenoxy) is 1. The van der Waals surface area contributed by atoms with E-state index in [4.69, 9.17) is 4.74 Å². The van der Waals surface area contributed by atoms with Crippen LogP contribution in [0.3, 0.4) is 0 Å². The molecule has 1 aromatic rings. The van der Waals surface area contributed by atoms with Gasteiger partial charge >= 0.3 is 0 Å². The third kappa shape index (κ3) is 4.19. The van der Waals surface area contributed by atoms with E-state index in [1.165, 1.54) is 31.7 Å². The number of benzene rings is 1. The first-order valence-corrected chi connectivity index (χ1v) is 8.41. The number of nitro benzene ring substituents is 1. The molecule has 5 heteroatoms. The molecule has 3 unspecified atom stereocenters. The van der Waals surface area contributed by atoms with E-state index in [1.54, 1.807) is 13.2 Å². The first kappa shape index (κ1) is 16.3. The second kappa shape index (κ2) is 7.25. The smallest absolute Gasteiger partial charge is 0.273 e. The number of nitro groups is 1. The second-order valence-electron chi connectivity index (χ2n) is 5.86. The van der Waals surface area contributed by atoms with Gasteiger partial charge in [0.15, 0.2) is 0 Å². The summed E-state index contributed by atoms with van der Waals surface area (Å²) in [5.74, 6) is 1.88. The normalized spacial score (nSPS) is 25.6. The van der Waals surface area contributed by atoms with Crippen LogP contribution in [-0.4, -0.2) is 16.9 Å². The Morgan fingerprint density at radius 2 is 2.14 bits per heavy atom. The minimum atomic E-state index is -0.354. The van der Waals surface area contributed by atoms with Crippen molar-refractivity contribution in [2.75, 3.05) is 7.11 Å². The Morgan fingerprint density at radius 3 is 2.76 bits per heavy atom. The Labute approximate surface area is 134 Å². The van der Waals surface area contributed by atoms with Crippen LogP contribution in [0.1, 0.15) is 38.2 Å². The summed E-state index contributed by atoms with van der Waals surface area (Å²) in [6.45, 7) is 2.24. The summed E-state index contributed by atoms with van der Waals surface area (Å²) in [7, 11) is 1.55. The van der Waals surface area contributed by atoms with Gasteiger partial charge in [0.05, 0.1) is 18.1 Å². The van der Waals surface area contributed by atoms with Gasteiger partial charge in [-0.05, 0) is 49.1 Å². The predicted octanol–water partition coefficient (Wildman–Crippen LogP) is 4.74. The summed E-state index contributed by atoms with van der Waals surface area (Å²) in [6, 6.07) is 5.07. The van der Waals surface area contributed by atoms with Gasteiger partial charge in [-0.3, -0.25) is 10.1 Å². The maximum atomic E-state index is 11.0. The highest BCUT2D eigenvalue weighted by Crippen LogP contribution is 2.38. The quantitative estimate of drug-likeness (QED) is 0.435. The van der Waals surface area contributed by atoms with Crippen LogP contribution < -0.4 is 4.74 Å². The van der Waals surface area contributed by atoms with E-state index in [2.05, 4.69) is 22.9 Å². The van der Waals surface area contributed by atoms with Crippen molar-refractivity contribution in [1.82, 2.24) is 0 Å². The highest BCUT2D eigenvalue weighted by Gasteiger charge is 2.28. The third-order valence-electron chi connectivity index (χ3n) is 4.47. The Balaban J connectivity index is 2.17. The molecular formula is C16H22BrNO3. The van der Waals surface area contributed by atoms with E-state index in [0.29, 0.717) is 16.5 Å². The largest absolute Gasteiger partial charge is 0.496 e. The van der Waals surface area contributed by atoms with Crippen LogP contribution in [0.25, 0.3) is 0 Å². The first-order valence-electron chi connectivity index (χ1n) is 7.49. The molecular weight excluding hydrogens is 334 g/mol. The number of rotatable bonds is 5. The number of methoxy groups -OCH3 is 1. The van der Waals surface area contributed by atoms with Crippen molar-refractivity contribution in [3.8, 4) is 5.75 Å². The first-order chi connectivity index (χ1) is 10.0. The number of hydrogen-bond acceptors (Lipinski definition) is 3. The van der Waals surface area contributed by atoms with Crippen molar-refractivity contribution in [2.24, 2.45) is 11.8 Å². The molecule has 1 fully saturated rings. The van der Waals surface area contributed by atoms with Gasteiger partial charge in [-0.1, -0.05) is 29.3 Å². The third-order valence-corrected chi connectivity index (χ3v) is 5.68. The fourth-order valence-electron chi connectivity index (χ4n) is 3.19. The summed E-state index contributed by atoms with van der Waals surface area (Å²) in [5.41, 5.74) is 1.10. The molecule has 1 aliphatic rings. The molecule has 0 N–H and O–H groups in total. The number of halogens is 1. The van der Waals surface area contributed by atoms with E-state index in [9.17, 15) is 10.1 Å². The molecule has 0 amide bonds. The molecule has 1 aromatic carbocycles. The van der Waals surface area contributed by atoms with Gasteiger partial charge < -0.3 is 4.74 Å². The fraction of sp³-hybridized carbons (Fsp3) is 0.625. The van der Waals surface area contributed by atoms with Crippen molar-refractivity contribution in [3.63, 3.8) is 0 Å². The zero-order valence-corrected chi connectivity index (χ0v) is 14.1. The Hall–Kier alpha value is -1.10. The lowest BCUT2D eigenvalue weighted by Gasteiger charge is -2.33. The minimum Gasteiger partial charge on any atom is -0.496 e. The van der Waals surface area contributed by atoms with Crippen LogP contribution in [0.4, 0.5) is 5.69 Å². The molecule has 1 aliphatic carbocycles. The molecule has 2 rings (SSSR count). The molecule has 0 bridgehead atoms. The van der Waals surface area contributed by atoms with E-state index in [1.807, 2.05) is 6.07 Å². The zero-order chi connectivity index (χ0) is 15.4. The second-order valence-corrected chi connectivity index (χ2v) is 7.04. The lowest BCUT2D eigenvalue weighted by molar-refractivity contribution is -0.385. The van der Waals surface area contributed by atoms with Gasteiger partial charge in [-0.25, -0.2) is 0 Å². The Bertz CT molecular complexity index is 506. The van der Waals surface area contributed by atoms with E-state index < -0.39 is 0 Å². The van der Waals surface area contributed by atoms with Gasteiger partial charge in [0.2, 0.25) is 0 Å². The standard InChI is InChI=1S/C16H22BrNO3/c1-3-11-4-5-16(17)13(6-11)7-12-8-14(18(19)20)10-15(9-12)21-2/h8-11,13,16H,3-7H2,1-2H3. The van der Waals surface area contributed by atoms with Crippen molar-refractivity contribution >= 4 is 21.6 Å². The molecule has 1 saturated carbocycles. The maximum absolute atomic E-state index is 11.0. The summed E-state index contributed by atoms with van der Waals surface area (Å²) < 4.78 is 5.19. The van der Waals surface area contributed by atoms with Crippen LogP contribution >= 0.6 is 15.9 Å². The number of non-ortho nitro benzene ring substituents is 1. The molecule has 21 heavy (non-hydrogen) atoms. The van der Waals surface area contributed by atoms with Gasteiger partial charge in [-0.15, -0.1) is 0 Å².